The fourth-order valence-electron chi connectivity index (χ4n) is 4.39. The Hall–Kier alpha value is -3.48. The van der Waals surface area contributed by atoms with Crippen LogP contribution >= 0.6 is 0 Å². The van der Waals surface area contributed by atoms with E-state index in [0.717, 1.165) is 27.8 Å². The largest absolute Gasteiger partial charge is 0.449 e. The summed E-state index contributed by atoms with van der Waals surface area (Å²) in [5.41, 5.74) is 6.16. The lowest BCUT2D eigenvalue weighted by molar-refractivity contribution is 0.0133. The molecule has 0 bridgehead atoms. The maximum atomic E-state index is 12.3. The minimum absolute atomic E-state index is 0.0290. The molecule has 6 heteroatoms. The number of ether oxygens (including phenoxy) is 1. The first-order valence-electron chi connectivity index (χ1n) is 11.0. The number of aliphatic hydroxyl groups excluding tert-OH is 2. The predicted molar refractivity (Wildman–Crippen MR) is 125 cm³/mol. The number of aryl methyl sites for hydroxylation is 1. The van der Waals surface area contributed by atoms with E-state index in [0.29, 0.717) is 17.4 Å². The minimum atomic E-state index is -1.23. The number of hydrogen-bond donors (Lipinski definition) is 3. The van der Waals surface area contributed by atoms with E-state index >= 15 is 0 Å². The number of amides is 1. The third kappa shape index (κ3) is 4.82. The van der Waals surface area contributed by atoms with E-state index in [4.69, 9.17) is 4.74 Å². The van der Waals surface area contributed by atoms with Crippen LogP contribution in [0.3, 0.4) is 0 Å². The van der Waals surface area contributed by atoms with Crippen LogP contribution in [-0.2, 0) is 4.74 Å². The van der Waals surface area contributed by atoms with E-state index in [1.54, 1.807) is 18.2 Å². The first kappa shape index (κ1) is 22.7. The third-order valence-electron chi connectivity index (χ3n) is 6.11. The first-order chi connectivity index (χ1) is 16.0. The lowest BCUT2D eigenvalue weighted by Gasteiger charge is -2.20. The number of hydrogen-bond acceptors (Lipinski definition) is 5. The average Bonchev–Trinajstić information content (AvgIpc) is 3.16. The highest BCUT2D eigenvalue weighted by Gasteiger charge is 2.29. The van der Waals surface area contributed by atoms with Crippen molar-refractivity contribution >= 4 is 12.4 Å². The van der Waals surface area contributed by atoms with Crippen LogP contribution in [0.4, 0.5) is 4.79 Å². The van der Waals surface area contributed by atoms with Gasteiger partial charge in [0.05, 0.1) is 6.10 Å². The molecule has 2 unspecified atom stereocenters. The van der Waals surface area contributed by atoms with Crippen LogP contribution < -0.4 is 5.32 Å². The number of rotatable bonds is 8. The fourth-order valence-corrected chi connectivity index (χ4v) is 4.39. The Morgan fingerprint density at radius 2 is 1.67 bits per heavy atom. The zero-order valence-corrected chi connectivity index (χ0v) is 18.4. The van der Waals surface area contributed by atoms with Gasteiger partial charge in [-0.1, -0.05) is 72.3 Å². The summed E-state index contributed by atoms with van der Waals surface area (Å²) in [7, 11) is 0. The normalized spacial score (nSPS) is 14.2. The van der Waals surface area contributed by atoms with E-state index in [-0.39, 0.29) is 25.5 Å². The van der Waals surface area contributed by atoms with Crippen molar-refractivity contribution in [2.75, 3.05) is 13.2 Å². The molecule has 0 spiro atoms. The molecule has 33 heavy (non-hydrogen) atoms. The van der Waals surface area contributed by atoms with Crippen molar-refractivity contribution in [1.82, 2.24) is 5.32 Å². The zero-order chi connectivity index (χ0) is 23.4. The summed E-state index contributed by atoms with van der Waals surface area (Å²) in [5.74, 6) is -0.0290. The summed E-state index contributed by atoms with van der Waals surface area (Å²) >= 11 is 0. The van der Waals surface area contributed by atoms with Gasteiger partial charge < -0.3 is 20.3 Å². The molecule has 4 rings (SSSR count). The van der Waals surface area contributed by atoms with Crippen molar-refractivity contribution in [3.05, 3.63) is 94.5 Å². The molecule has 0 saturated carbocycles. The molecule has 1 amide bonds. The Bertz CT molecular complexity index is 1110. The van der Waals surface area contributed by atoms with E-state index in [1.807, 2.05) is 31.2 Å². The highest BCUT2D eigenvalue weighted by Crippen LogP contribution is 2.44. The lowest BCUT2D eigenvalue weighted by Crippen LogP contribution is -2.31. The Labute approximate surface area is 192 Å². The summed E-state index contributed by atoms with van der Waals surface area (Å²) < 4.78 is 5.48. The summed E-state index contributed by atoms with van der Waals surface area (Å²) in [4.78, 5) is 23.5. The van der Waals surface area contributed by atoms with Crippen LogP contribution in [0.1, 0.15) is 51.1 Å². The van der Waals surface area contributed by atoms with E-state index < -0.39 is 18.3 Å². The Balaban J connectivity index is 1.30. The van der Waals surface area contributed by atoms with Crippen LogP contribution in [0, 0.1) is 6.92 Å². The smallest absolute Gasteiger partial charge is 0.407 e. The molecule has 0 saturated heterocycles. The van der Waals surface area contributed by atoms with Gasteiger partial charge in [0.1, 0.15) is 19.0 Å². The molecule has 1 aliphatic carbocycles. The summed E-state index contributed by atoms with van der Waals surface area (Å²) in [6, 6.07) is 21.3. The molecule has 6 nitrogen and oxygen atoms in total. The highest BCUT2D eigenvalue weighted by molar-refractivity contribution is 5.79. The molecule has 170 valence electrons. The van der Waals surface area contributed by atoms with Gasteiger partial charge in [0, 0.05) is 18.0 Å². The Morgan fingerprint density at radius 1 is 1.03 bits per heavy atom. The van der Waals surface area contributed by atoms with E-state index in [2.05, 4.69) is 29.6 Å². The number of carbonyl (C=O) groups is 2. The minimum Gasteiger partial charge on any atom is -0.449 e. The van der Waals surface area contributed by atoms with Gasteiger partial charge in [-0.15, -0.1) is 0 Å². The number of aldehydes is 1. The molecular weight excluding hydrogens is 418 g/mol. The maximum Gasteiger partial charge on any atom is 0.407 e. The van der Waals surface area contributed by atoms with Crippen molar-refractivity contribution in [3.63, 3.8) is 0 Å². The summed E-state index contributed by atoms with van der Waals surface area (Å²) in [6.07, 6.45) is -2.19. The molecule has 2 atom stereocenters. The van der Waals surface area contributed by atoms with Crippen molar-refractivity contribution in [3.8, 4) is 11.1 Å². The van der Waals surface area contributed by atoms with Gasteiger partial charge in [-0.05, 0) is 41.2 Å². The van der Waals surface area contributed by atoms with Crippen molar-refractivity contribution < 1.29 is 24.5 Å². The van der Waals surface area contributed by atoms with Crippen LogP contribution in [0.25, 0.3) is 11.1 Å². The van der Waals surface area contributed by atoms with Crippen LogP contribution in [-0.4, -0.2) is 41.8 Å². The van der Waals surface area contributed by atoms with Gasteiger partial charge in [0.25, 0.3) is 0 Å². The number of fused-ring (bicyclic) bond motifs is 3. The number of aliphatic hydroxyl groups is 2. The second-order valence-electron chi connectivity index (χ2n) is 8.30. The maximum absolute atomic E-state index is 12.3. The number of benzene rings is 3. The highest BCUT2D eigenvalue weighted by atomic mass is 16.5. The SMILES string of the molecule is Cc1ccc(C=O)c(C(O)C(O)CCNC(=O)OCC2c3ccccc3-c3ccccc32)c1. The molecule has 3 aromatic carbocycles. The van der Waals surface area contributed by atoms with E-state index in [1.165, 1.54) is 0 Å². The Morgan fingerprint density at radius 3 is 2.30 bits per heavy atom. The van der Waals surface area contributed by atoms with Crippen LogP contribution in [0.5, 0.6) is 0 Å². The second-order valence-corrected chi connectivity index (χ2v) is 8.30. The van der Waals surface area contributed by atoms with Crippen LogP contribution in [0.15, 0.2) is 66.7 Å². The fraction of sp³-hybridized carbons (Fsp3) is 0.259. The molecule has 3 N–H and O–H groups in total. The molecular formula is C27H27NO5. The van der Waals surface area contributed by atoms with Crippen LogP contribution in [0.2, 0.25) is 0 Å². The molecule has 0 radical (unpaired) electrons. The molecule has 1 aliphatic rings. The molecule has 0 aromatic heterocycles. The summed E-state index contributed by atoms with van der Waals surface area (Å²) in [5, 5.41) is 23.5. The Kier molecular flexibility index (Phi) is 6.87. The van der Waals surface area contributed by atoms with Gasteiger partial charge in [-0.3, -0.25) is 4.79 Å². The second kappa shape index (κ2) is 9.98. The van der Waals surface area contributed by atoms with Gasteiger partial charge in [0.15, 0.2) is 0 Å². The van der Waals surface area contributed by atoms with Crippen molar-refractivity contribution in [2.24, 2.45) is 0 Å². The lowest BCUT2D eigenvalue weighted by atomic mass is 9.96. The van der Waals surface area contributed by atoms with Gasteiger partial charge in [0.2, 0.25) is 0 Å². The standard InChI is InChI=1S/C27H27NO5/c1-17-10-11-18(15-29)23(14-17)26(31)25(30)12-13-28-27(32)33-16-24-21-8-4-2-6-19(21)20-7-3-5-9-22(20)24/h2-11,14-15,24-26,30-31H,12-13,16H2,1H3,(H,28,32). The monoisotopic (exact) mass is 445 g/mol. The predicted octanol–water partition coefficient (Wildman–Crippen LogP) is 4.13. The van der Waals surface area contributed by atoms with E-state index in [9.17, 15) is 19.8 Å². The average molecular weight is 446 g/mol. The zero-order valence-electron chi connectivity index (χ0n) is 18.4. The topological polar surface area (TPSA) is 95.9 Å². The third-order valence-corrected chi connectivity index (χ3v) is 6.11. The van der Waals surface area contributed by atoms with Crippen molar-refractivity contribution in [1.29, 1.82) is 0 Å². The van der Waals surface area contributed by atoms with Crippen molar-refractivity contribution in [2.45, 2.75) is 31.5 Å². The molecule has 0 fully saturated rings. The first-order valence-corrected chi connectivity index (χ1v) is 11.0. The van der Waals surface area contributed by atoms with Gasteiger partial charge in [-0.2, -0.15) is 0 Å². The molecule has 0 heterocycles. The van der Waals surface area contributed by atoms with Gasteiger partial charge >= 0.3 is 6.09 Å². The molecule has 3 aromatic rings. The number of nitrogens with one attached hydrogen (secondary N) is 1. The summed E-state index contributed by atoms with van der Waals surface area (Å²) in [6.45, 7) is 2.17. The van der Waals surface area contributed by atoms with Gasteiger partial charge in [-0.25, -0.2) is 4.79 Å². The number of alkyl carbamates (subject to hydrolysis) is 1. The quantitative estimate of drug-likeness (QED) is 0.453. The molecule has 0 aliphatic heterocycles. The number of carbonyl (C=O) groups excluding carboxylic acids is 2.